The van der Waals surface area contributed by atoms with Crippen molar-refractivity contribution in [1.82, 2.24) is 14.8 Å². The fourth-order valence-corrected chi connectivity index (χ4v) is 3.12. The predicted molar refractivity (Wildman–Crippen MR) is 97.6 cm³/mol. The molecule has 1 aromatic carbocycles. The van der Waals surface area contributed by atoms with E-state index in [4.69, 9.17) is 0 Å². The molecule has 0 atom stereocenters. The summed E-state index contributed by atoms with van der Waals surface area (Å²) in [4.78, 5) is 20.9. The zero-order valence-electron chi connectivity index (χ0n) is 15.4. The highest BCUT2D eigenvalue weighted by molar-refractivity contribution is 5.94. The van der Waals surface area contributed by atoms with Crippen molar-refractivity contribution in [1.29, 1.82) is 0 Å². The van der Waals surface area contributed by atoms with Crippen molar-refractivity contribution in [3.63, 3.8) is 0 Å². The Balaban J connectivity index is 1.51. The van der Waals surface area contributed by atoms with E-state index in [2.05, 4.69) is 14.6 Å². The van der Waals surface area contributed by atoms with Gasteiger partial charge >= 0.3 is 6.18 Å². The molecule has 1 aliphatic heterocycles. The number of carbonyl (C=O) groups is 1. The number of hydrogen-bond acceptors (Lipinski definition) is 4. The number of alkyl halides is 3. The van der Waals surface area contributed by atoms with Crippen molar-refractivity contribution in [3.8, 4) is 0 Å². The third kappa shape index (κ3) is 6.03. The van der Waals surface area contributed by atoms with Crippen molar-refractivity contribution in [2.75, 3.05) is 32.8 Å². The third-order valence-electron chi connectivity index (χ3n) is 4.50. The van der Waals surface area contributed by atoms with Gasteiger partial charge in [-0.1, -0.05) is 18.2 Å². The Hall–Kier alpha value is -2.45. The van der Waals surface area contributed by atoms with Crippen LogP contribution in [0, 0.1) is 0 Å². The summed E-state index contributed by atoms with van der Waals surface area (Å²) in [5.41, 5.74) is 2.15. The SMILES string of the molecule is O=C(c1cccc(COCC(F)(F)F)c1)N1CCN(Cc2cccnc2)CC1. The standard InChI is InChI=1S/C20H22F3N3O2/c21-20(22,23)15-28-14-16-3-1-5-18(11-16)19(27)26-9-7-25(8-10-26)13-17-4-2-6-24-12-17/h1-6,11-12H,7-10,13-15H2. The molecule has 1 aliphatic rings. The van der Waals surface area contributed by atoms with E-state index in [1.807, 2.05) is 18.3 Å². The summed E-state index contributed by atoms with van der Waals surface area (Å²) >= 11 is 0. The first kappa shape index (κ1) is 20.3. The second-order valence-corrected chi connectivity index (χ2v) is 6.74. The van der Waals surface area contributed by atoms with Crippen LogP contribution < -0.4 is 0 Å². The van der Waals surface area contributed by atoms with E-state index in [1.165, 1.54) is 0 Å². The summed E-state index contributed by atoms with van der Waals surface area (Å²) in [6.45, 7) is 2.04. The highest BCUT2D eigenvalue weighted by Crippen LogP contribution is 2.17. The van der Waals surface area contributed by atoms with Gasteiger partial charge in [-0.25, -0.2) is 0 Å². The number of carbonyl (C=O) groups excluding carboxylic acids is 1. The molecule has 1 amide bonds. The lowest BCUT2D eigenvalue weighted by Gasteiger charge is -2.34. The van der Waals surface area contributed by atoms with Crippen LogP contribution in [0.5, 0.6) is 0 Å². The minimum atomic E-state index is -4.36. The van der Waals surface area contributed by atoms with Gasteiger partial charge in [0.2, 0.25) is 0 Å². The number of halogens is 3. The van der Waals surface area contributed by atoms with Crippen LogP contribution in [0.3, 0.4) is 0 Å². The van der Waals surface area contributed by atoms with Gasteiger partial charge < -0.3 is 9.64 Å². The molecule has 0 radical (unpaired) electrons. The van der Waals surface area contributed by atoms with Crippen LogP contribution >= 0.6 is 0 Å². The largest absolute Gasteiger partial charge is 0.411 e. The van der Waals surface area contributed by atoms with E-state index < -0.39 is 12.8 Å². The molecule has 0 N–H and O–H groups in total. The number of nitrogens with zero attached hydrogens (tertiary/aromatic N) is 3. The maximum Gasteiger partial charge on any atom is 0.411 e. The highest BCUT2D eigenvalue weighted by Gasteiger charge is 2.27. The van der Waals surface area contributed by atoms with Gasteiger partial charge in [-0.2, -0.15) is 13.2 Å². The third-order valence-corrected chi connectivity index (χ3v) is 4.50. The molecule has 8 heteroatoms. The number of amides is 1. The smallest absolute Gasteiger partial charge is 0.367 e. The lowest BCUT2D eigenvalue weighted by Crippen LogP contribution is -2.48. The van der Waals surface area contributed by atoms with E-state index >= 15 is 0 Å². The van der Waals surface area contributed by atoms with Crippen LogP contribution in [0.15, 0.2) is 48.8 Å². The summed E-state index contributed by atoms with van der Waals surface area (Å²) in [6, 6.07) is 10.5. The topological polar surface area (TPSA) is 45.7 Å². The normalized spacial score (nSPS) is 15.6. The molecular formula is C20H22F3N3O2. The van der Waals surface area contributed by atoms with Gasteiger partial charge in [0, 0.05) is 50.7 Å². The van der Waals surface area contributed by atoms with Gasteiger partial charge in [0.15, 0.2) is 0 Å². The number of rotatable bonds is 6. The lowest BCUT2D eigenvalue weighted by atomic mass is 10.1. The molecule has 2 aromatic rings. The summed E-state index contributed by atoms with van der Waals surface area (Å²) in [5.74, 6) is -0.112. The lowest BCUT2D eigenvalue weighted by molar-refractivity contribution is -0.176. The number of hydrogen-bond donors (Lipinski definition) is 0. The van der Waals surface area contributed by atoms with Crippen LogP contribution in [0.2, 0.25) is 0 Å². The van der Waals surface area contributed by atoms with Gasteiger partial charge in [0.1, 0.15) is 6.61 Å². The molecule has 1 aromatic heterocycles. The Morgan fingerprint density at radius 1 is 1.07 bits per heavy atom. The Labute approximate surface area is 161 Å². The molecule has 0 aliphatic carbocycles. The molecular weight excluding hydrogens is 371 g/mol. The molecule has 0 bridgehead atoms. The van der Waals surface area contributed by atoms with Crippen molar-refractivity contribution < 1.29 is 22.7 Å². The van der Waals surface area contributed by atoms with E-state index in [9.17, 15) is 18.0 Å². The average Bonchev–Trinajstić information content (AvgIpc) is 2.68. The van der Waals surface area contributed by atoms with Crippen LogP contribution in [0.4, 0.5) is 13.2 Å². The monoisotopic (exact) mass is 393 g/mol. The number of ether oxygens (including phenoxy) is 1. The first-order valence-corrected chi connectivity index (χ1v) is 9.05. The molecule has 3 rings (SSSR count). The summed E-state index contributed by atoms with van der Waals surface area (Å²) in [6.07, 6.45) is -0.783. The van der Waals surface area contributed by atoms with Crippen molar-refractivity contribution in [3.05, 3.63) is 65.5 Å². The van der Waals surface area contributed by atoms with Gasteiger partial charge in [-0.3, -0.25) is 14.7 Å². The molecule has 0 spiro atoms. The number of benzene rings is 1. The quantitative estimate of drug-likeness (QED) is 0.757. The minimum absolute atomic E-state index is 0.112. The van der Waals surface area contributed by atoms with Crippen molar-refractivity contribution in [2.24, 2.45) is 0 Å². The van der Waals surface area contributed by atoms with E-state index in [0.717, 1.165) is 25.2 Å². The van der Waals surface area contributed by atoms with Gasteiger partial charge in [0.05, 0.1) is 6.61 Å². The molecule has 1 fully saturated rings. The minimum Gasteiger partial charge on any atom is -0.367 e. The van der Waals surface area contributed by atoms with E-state index in [-0.39, 0.29) is 12.5 Å². The predicted octanol–water partition coefficient (Wildman–Crippen LogP) is 3.12. The molecule has 2 heterocycles. The summed E-state index contributed by atoms with van der Waals surface area (Å²) in [5, 5.41) is 0. The maximum atomic E-state index is 12.7. The van der Waals surface area contributed by atoms with Gasteiger partial charge in [-0.15, -0.1) is 0 Å². The second-order valence-electron chi connectivity index (χ2n) is 6.74. The zero-order valence-corrected chi connectivity index (χ0v) is 15.4. The molecule has 1 saturated heterocycles. The van der Waals surface area contributed by atoms with Crippen molar-refractivity contribution >= 4 is 5.91 Å². The second kappa shape index (κ2) is 9.16. The van der Waals surface area contributed by atoms with Crippen molar-refractivity contribution in [2.45, 2.75) is 19.3 Å². The molecule has 5 nitrogen and oxygen atoms in total. The zero-order chi connectivity index (χ0) is 20.0. The average molecular weight is 393 g/mol. The fourth-order valence-electron chi connectivity index (χ4n) is 3.12. The maximum absolute atomic E-state index is 12.7. The molecule has 150 valence electrons. The first-order chi connectivity index (χ1) is 13.4. The molecule has 28 heavy (non-hydrogen) atoms. The number of pyridine rings is 1. The molecule has 0 saturated carbocycles. The fraction of sp³-hybridized carbons (Fsp3) is 0.400. The van der Waals surface area contributed by atoms with Gasteiger partial charge in [0.25, 0.3) is 5.91 Å². The summed E-state index contributed by atoms with van der Waals surface area (Å²) < 4.78 is 41.2. The van der Waals surface area contributed by atoms with Crippen LogP contribution in [-0.2, 0) is 17.9 Å². The van der Waals surface area contributed by atoms with Crippen LogP contribution in [0.1, 0.15) is 21.5 Å². The number of aromatic nitrogens is 1. The van der Waals surface area contributed by atoms with Crippen LogP contribution in [-0.4, -0.2) is 59.7 Å². The molecule has 0 unspecified atom stereocenters. The van der Waals surface area contributed by atoms with Gasteiger partial charge in [-0.05, 0) is 29.3 Å². The Morgan fingerprint density at radius 3 is 2.50 bits per heavy atom. The van der Waals surface area contributed by atoms with E-state index in [1.54, 1.807) is 35.4 Å². The summed E-state index contributed by atoms with van der Waals surface area (Å²) in [7, 11) is 0. The number of piperazine rings is 1. The van der Waals surface area contributed by atoms with Crippen LogP contribution in [0.25, 0.3) is 0 Å². The Kier molecular flexibility index (Phi) is 6.64. The highest BCUT2D eigenvalue weighted by atomic mass is 19.4. The Bertz CT molecular complexity index is 776. The first-order valence-electron chi connectivity index (χ1n) is 9.05. The Morgan fingerprint density at radius 2 is 1.82 bits per heavy atom. The van der Waals surface area contributed by atoms with E-state index in [0.29, 0.717) is 24.2 Å².